The summed E-state index contributed by atoms with van der Waals surface area (Å²) in [6.45, 7) is 0. The highest BCUT2D eigenvalue weighted by Gasteiger charge is 2.07. The highest BCUT2D eigenvalue weighted by atomic mass is 19.1. The SMILES string of the molecule is ONC(=Nc1cccnc1)c1ccccc1F. The lowest BCUT2D eigenvalue weighted by Gasteiger charge is -2.05. The van der Waals surface area contributed by atoms with Crippen molar-refractivity contribution < 1.29 is 9.60 Å². The van der Waals surface area contributed by atoms with E-state index in [1.54, 1.807) is 30.5 Å². The van der Waals surface area contributed by atoms with E-state index in [9.17, 15) is 4.39 Å². The van der Waals surface area contributed by atoms with Crippen LogP contribution in [0.2, 0.25) is 0 Å². The minimum atomic E-state index is -0.461. The number of pyridine rings is 1. The maximum atomic E-state index is 13.5. The molecular weight excluding hydrogens is 221 g/mol. The highest BCUT2D eigenvalue weighted by molar-refractivity contribution is 5.99. The summed E-state index contributed by atoms with van der Waals surface area (Å²) in [7, 11) is 0. The Morgan fingerprint density at radius 3 is 2.71 bits per heavy atom. The van der Waals surface area contributed by atoms with Crippen molar-refractivity contribution in [2.24, 2.45) is 4.99 Å². The monoisotopic (exact) mass is 231 g/mol. The summed E-state index contributed by atoms with van der Waals surface area (Å²) in [6.07, 6.45) is 3.12. The standard InChI is InChI=1S/C12H10FN3O/c13-11-6-2-1-5-10(11)12(16-17)15-9-4-3-7-14-8-9/h1-8,17H,(H,15,16). The van der Waals surface area contributed by atoms with E-state index in [-0.39, 0.29) is 11.4 Å². The van der Waals surface area contributed by atoms with Crippen LogP contribution in [0.1, 0.15) is 5.56 Å². The molecule has 0 spiro atoms. The molecule has 0 bridgehead atoms. The molecule has 1 aromatic carbocycles. The van der Waals surface area contributed by atoms with Crippen LogP contribution in [0, 0.1) is 5.82 Å². The van der Waals surface area contributed by atoms with Crippen molar-refractivity contribution in [3.63, 3.8) is 0 Å². The quantitative estimate of drug-likeness (QED) is 0.473. The Balaban J connectivity index is 2.41. The fraction of sp³-hybridized carbons (Fsp3) is 0. The maximum Gasteiger partial charge on any atom is 0.160 e. The van der Waals surface area contributed by atoms with Crippen LogP contribution in [0.4, 0.5) is 10.1 Å². The summed E-state index contributed by atoms with van der Waals surface area (Å²) in [5.74, 6) is -0.423. The molecule has 0 saturated carbocycles. The van der Waals surface area contributed by atoms with Crippen LogP contribution in [-0.2, 0) is 0 Å². The second kappa shape index (κ2) is 5.18. The molecule has 0 aliphatic carbocycles. The topological polar surface area (TPSA) is 57.5 Å². The molecule has 2 N–H and O–H groups in total. The zero-order valence-corrected chi connectivity index (χ0v) is 8.84. The van der Waals surface area contributed by atoms with Crippen molar-refractivity contribution in [1.82, 2.24) is 10.5 Å². The third kappa shape index (κ3) is 2.64. The molecule has 5 heteroatoms. The van der Waals surface area contributed by atoms with Gasteiger partial charge in [-0.05, 0) is 24.3 Å². The van der Waals surface area contributed by atoms with E-state index in [0.29, 0.717) is 5.69 Å². The molecule has 0 amide bonds. The van der Waals surface area contributed by atoms with Gasteiger partial charge in [-0.15, -0.1) is 0 Å². The number of rotatable bonds is 2. The lowest BCUT2D eigenvalue weighted by atomic mass is 10.2. The van der Waals surface area contributed by atoms with Gasteiger partial charge < -0.3 is 0 Å². The summed E-state index contributed by atoms with van der Waals surface area (Å²) in [6, 6.07) is 9.45. The van der Waals surface area contributed by atoms with E-state index in [0.717, 1.165) is 0 Å². The Labute approximate surface area is 97.4 Å². The Morgan fingerprint density at radius 1 is 1.24 bits per heavy atom. The third-order valence-corrected chi connectivity index (χ3v) is 2.12. The molecule has 1 heterocycles. The first-order valence-electron chi connectivity index (χ1n) is 4.95. The third-order valence-electron chi connectivity index (χ3n) is 2.12. The van der Waals surface area contributed by atoms with Crippen molar-refractivity contribution in [3.05, 3.63) is 60.2 Å². The zero-order chi connectivity index (χ0) is 12.1. The van der Waals surface area contributed by atoms with Crippen LogP contribution in [0.25, 0.3) is 0 Å². The van der Waals surface area contributed by atoms with Crippen molar-refractivity contribution in [1.29, 1.82) is 0 Å². The van der Waals surface area contributed by atoms with Crippen LogP contribution < -0.4 is 5.48 Å². The first kappa shape index (κ1) is 11.2. The minimum absolute atomic E-state index is 0.0381. The molecule has 2 aromatic rings. The normalized spacial score (nSPS) is 11.3. The smallest absolute Gasteiger partial charge is 0.160 e. The largest absolute Gasteiger partial charge is 0.290 e. The number of benzene rings is 1. The van der Waals surface area contributed by atoms with E-state index < -0.39 is 5.82 Å². The van der Waals surface area contributed by atoms with Gasteiger partial charge in [-0.1, -0.05) is 12.1 Å². The molecule has 4 nitrogen and oxygen atoms in total. The van der Waals surface area contributed by atoms with Gasteiger partial charge in [0.1, 0.15) is 5.82 Å². The first-order chi connectivity index (χ1) is 8.31. The molecule has 2 rings (SSSR count). The average Bonchev–Trinajstić information content (AvgIpc) is 2.38. The lowest BCUT2D eigenvalue weighted by molar-refractivity contribution is 0.235. The second-order valence-electron chi connectivity index (χ2n) is 3.26. The fourth-order valence-electron chi connectivity index (χ4n) is 1.35. The highest BCUT2D eigenvalue weighted by Crippen LogP contribution is 2.12. The van der Waals surface area contributed by atoms with Gasteiger partial charge in [0.25, 0.3) is 0 Å². The van der Waals surface area contributed by atoms with Gasteiger partial charge in [-0.3, -0.25) is 15.7 Å². The van der Waals surface area contributed by atoms with Gasteiger partial charge in [-0.2, -0.15) is 0 Å². The van der Waals surface area contributed by atoms with Gasteiger partial charge in [0.05, 0.1) is 17.4 Å². The van der Waals surface area contributed by atoms with E-state index in [4.69, 9.17) is 5.21 Å². The van der Waals surface area contributed by atoms with Crippen molar-refractivity contribution in [3.8, 4) is 0 Å². The number of hydrogen-bond donors (Lipinski definition) is 2. The molecule has 0 aliphatic rings. The Bertz CT molecular complexity index is 528. The number of aliphatic imine (C=N–C) groups is 1. The maximum absolute atomic E-state index is 13.5. The van der Waals surface area contributed by atoms with Crippen LogP contribution in [-0.4, -0.2) is 16.0 Å². The van der Waals surface area contributed by atoms with Gasteiger partial charge in [0, 0.05) is 6.20 Å². The number of nitrogens with zero attached hydrogens (tertiary/aromatic N) is 2. The van der Waals surface area contributed by atoms with Gasteiger partial charge in [0.2, 0.25) is 0 Å². The number of aromatic nitrogens is 1. The van der Waals surface area contributed by atoms with Gasteiger partial charge in [-0.25, -0.2) is 9.38 Å². The molecule has 0 fully saturated rings. The Morgan fingerprint density at radius 2 is 2.06 bits per heavy atom. The number of hydrogen-bond acceptors (Lipinski definition) is 3. The molecular formula is C12H10FN3O. The predicted molar refractivity (Wildman–Crippen MR) is 61.8 cm³/mol. The van der Waals surface area contributed by atoms with Gasteiger partial charge in [0.15, 0.2) is 5.84 Å². The molecule has 1 aromatic heterocycles. The first-order valence-corrected chi connectivity index (χ1v) is 4.95. The van der Waals surface area contributed by atoms with Crippen LogP contribution >= 0.6 is 0 Å². The van der Waals surface area contributed by atoms with E-state index >= 15 is 0 Å². The summed E-state index contributed by atoms with van der Waals surface area (Å²) < 4.78 is 13.5. The van der Waals surface area contributed by atoms with E-state index in [1.807, 2.05) is 5.48 Å². The molecule has 86 valence electrons. The Kier molecular flexibility index (Phi) is 3.42. The van der Waals surface area contributed by atoms with Crippen LogP contribution in [0.15, 0.2) is 53.8 Å². The molecule has 0 aliphatic heterocycles. The summed E-state index contributed by atoms with van der Waals surface area (Å²) >= 11 is 0. The van der Waals surface area contributed by atoms with Crippen molar-refractivity contribution >= 4 is 11.5 Å². The molecule has 0 unspecified atom stereocenters. The number of hydroxylamine groups is 1. The fourth-order valence-corrected chi connectivity index (χ4v) is 1.35. The summed E-state index contributed by atoms with van der Waals surface area (Å²) in [5.41, 5.74) is 2.60. The van der Waals surface area contributed by atoms with E-state index in [2.05, 4.69) is 9.98 Å². The number of amidine groups is 1. The average molecular weight is 231 g/mol. The zero-order valence-electron chi connectivity index (χ0n) is 8.84. The lowest BCUT2D eigenvalue weighted by Crippen LogP contribution is -2.21. The van der Waals surface area contributed by atoms with Gasteiger partial charge >= 0.3 is 0 Å². The minimum Gasteiger partial charge on any atom is -0.290 e. The molecule has 17 heavy (non-hydrogen) atoms. The van der Waals surface area contributed by atoms with Crippen LogP contribution in [0.3, 0.4) is 0 Å². The summed E-state index contributed by atoms with van der Waals surface area (Å²) in [5, 5.41) is 9.00. The number of nitrogens with one attached hydrogen (secondary N) is 1. The molecule has 0 atom stereocenters. The number of halogens is 1. The van der Waals surface area contributed by atoms with Crippen LogP contribution in [0.5, 0.6) is 0 Å². The second-order valence-corrected chi connectivity index (χ2v) is 3.26. The van der Waals surface area contributed by atoms with Crippen molar-refractivity contribution in [2.75, 3.05) is 0 Å². The predicted octanol–water partition coefficient (Wildman–Crippen LogP) is 2.28. The summed E-state index contributed by atoms with van der Waals surface area (Å²) in [4.78, 5) is 7.94. The Hall–Kier alpha value is -2.27. The van der Waals surface area contributed by atoms with E-state index in [1.165, 1.54) is 18.3 Å². The molecule has 0 saturated heterocycles. The molecule has 0 radical (unpaired) electrons. The van der Waals surface area contributed by atoms with Crippen molar-refractivity contribution in [2.45, 2.75) is 0 Å².